The Labute approximate surface area is 372 Å². The number of carboxylic acid groups (broad SMARTS) is 1. The van der Waals surface area contributed by atoms with Crippen molar-refractivity contribution in [3.8, 4) is 23.0 Å². The third-order valence-electron chi connectivity index (χ3n) is 13.5. The van der Waals surface area contributed by atoms with Crippen LogP contribution < -0.4 is 9.47 Å². The Kier molecular flexibility index (Phi) is 14.6. The summed E-state index contributed by atoms with van der Waals surface area (Å²) in [6.07, 6.45) is 13.8. The molecule has 0 bridgehead atoms. The second-order valence-electron chi connectivity index (χ2n) is 19.2. The fourth-order valence-corrected chi connectivity index (χ4v) is 9.40. The van der Waals surface area contributed by atoms with E-state index >= 15 is 0 Å². The summed E-state index contributed by atoms with van der Waals surface area (Å²) in [5.41, 5.74) is 5.57. The number of allylic oxidation sites excluding steroid dienone is 8. The van der Waals surface area contributed by atoms with Crippen molar-refractivity contribution >= 4 is 17.8 Å². The highest BCUT2D eigenvalue weighted by molar-refractivity contribution is 6.02. The van der Waals surface area contributed by atoms with E-state index in [9.17, 15) is 39.9 Å². The number of rotatable bonds is 18. The van der Waals surface area contributed by atoms with E-state index in [-0.39, 0.29) is 68.3 Å². The number of fused-ring (bicyclic) bond motifs is 6. The molecule has 4 aliphatic heterocycles. The molecule has 12 heteroatoms. The number of nitrogens with zero attached hydrogens (tertiary/aromatic N) is 2. The summed E-state index contributed by atoms with van der Waals surface area (Å²) >= 11 is 0. The van der Waals surface area contributed by atoms with Gasteiger partial charge < -0.3 is 44.8 Å². The van der Waals surface area contributed by atoms with Crippen LogP contribution in [0.5, 0.6) is 23.0 Å². The van der Waals surface area contributed by atoms with Gasteiger partial charge in [-0.2, -0.15) is 0 Å². The van der Waals surface area contributed by atoms with E-state index in [0.29, 0.717) is 65.0 Å². The molecule has 0 saturated heterocycles. The van der Waals surface area contributed by atoms with Gasteiger partial charge in [0.05, 0.1) is 36.4 Å². The summed E-state index contributed by atoms with van der Waals surface area (Å²) in [7, 11) is 0. The van der Waals surface area contributed by atoms with Crippen LogP contribution in [0.2, 0.25) is 0 Å². The maximum Gasteiger partial charge on any atom is 0.326 e. The molecule has 2 aromatic rings. The number of carbonyl (C=O) groups excluding carboxylic acids is 2. The largest absolute Gasteiger partial charge is 0.508 e. The van der Waals surface area contributed by atoms with Gasteiger partial charge in [0.2, 0.25) is 0 Å². The smallest absolute Gasteiger partial charge is 0.326 e. The predicted molar refractivity (Wildman–Crippen MR) is 242 cm³/mol. The number of carboxylic acids is 1. The lowest BCUT2D eigenvalue weighted by molar-refractivity contribution is -0.142. The van der Waals surface area contributed by atoms with Crippen LogP contribution in [0.1, 0.15) is 163 Å². The zero-order valence-corrected chi connectivity index (χ0v) is 38.5. The van der Waals surface area contributed by atoms with Gasteiger partial charge in [-0.25, -0.2) is 4.79 Å². The van der Waals surface area contributed by atoms with Gasteiger partial charge >= 0.3 is 5.97 Å². The molecule has 12 nitrogen and oxygen atoms in total. The van der Waals surface area contributed by atoms with Crippen molar-refractivity contribution in [1.29, 1.82) is 0 Å². The first kappa shape index (κ1) is 47.4. The average Bonchev–Trinajstić information content (AvgIpc) is 3.69. The second kappa shape index (κ2) is 19.4. The van der Waals surface area contributed by atoms with Crippen LogP contribution in [-0.2, 0) is 30.7 Å². The average molecular weight is 869 g/mol. The Morgan fingerprint density at radius 1 is 0.714 bits per heavy atom. The number of aliphatic hydroxyl groups excluding tert-OH is 2. The number of hydrogen-bond donors (Lipinski definition) is 5. The SMILES string of the molecule is CC(C)=CCC/C(C)=C/CC[C@]1(C)Oc2c(c(O)cc3c2CN(CCCC(C(=O)O)N2Cc4c(cc(O)c5c4O[C@@](C)(CC/C=C(\C)CCC=C(C)C)C(O)C5)C2=O)C3=O)CC1O. The minimum absolute atomic E-state index is 0.0456. The second-order valence-corrected chi connectivity index (χ2v) is 19.2. The van der Waals surface area contributed by atoms with Crippen LogP contribution in [0, 0.1) is 0 Å². The minimum Gasteiger partial charge on any atom is -0.508 e. The molecule has 4 heterocycles. The molecule has 63 heavy (non-hydrogen) atoms. The molecule has 3 unspecified atom stereocenters. The van der Waals surface area contributed by atoms with Gasteiger partial charge in [0.15, 0.2) is 0 Å². The number of amides is 2. The Morgan fingerprint density at radius 2 is 1.17 bits per heavy atom. The number of aromatic hydroxyl groups is 2. The van der Waals surface area contributed by atoms with E-state index in [0.717, 1.165) is 25.7 Å². The third-order valence-corrected chi connectivity index (χ3v) is 13.5. The van der Waals surface area contributed by atoms with Crippen molar-refractivity contribution in [3.63, 3.8) is 0 Å². The molecule has 0 aliphatic carbocycles. The molecule has 2 aromatic carbocycles. The number of benzene rings is 2. The number of aliphatic carboxylic acids is 1. The van der Waals surface area contributed by atoms with Crippen molar-refractivity contribution in [1.82, 2.24) is 9.80 Å². The molecule has 0 radical (unpaired) electrons. The number of aliphatic hydroxyl groups is 2. The van der Waals surface area contributed by atoms with Gasteiger partial charge in [0.25, 0.3) is 11.8 Å². The number of phenols is 2. The maximum absolute atomic E-state index is 13.9. The fraction of sp³-hybridized carbons (Fsp3) is 0.549. The van der Waals surface area contributed by atoms with Crippen LogP contribution in [-0.4, -0.2) is 89.1 Å². The highest BCUT2D eigenvalue weighted by Gasteiger charge is 2.47. The van der Waals surface area contributed by atoms with Gasteiger partial charge in [-0.1, -0.05) is 46.6 Å². The highest BCUT2D eigenvalue weighted by atomic mass is 16.5. The lowest BCUT2D eigenvalue weighted by Gasteiger charge is -2.41. The number of ether oxygens (including phenoxy) is 2. The first-order valence-corrected chi connectivity index (χ1v) is 22.6. The van der Waals surface area contributed by atoms with Gasteiger partial charge in [-0.3, -0.25) is 9.59 Å². The number of phenolic OH excluding ortho intramolecular Hbond substituents is 2. The van der Waals surface area contributed by atoms with Crippen molar-refractivity contribution in [2.24, 2.45) is 0 Å². The normalized spacial score (nSPS) is 23.3. The maximum atomic E-state index is 13.9. The molecule has 4 aliphatic rings. The minimum atomic E-state index is -1.23. The third kappa shape index (κ3) is 10.3. The summed E-state index contributed by atoms with van der Waals surface area (Å²) in [6, 6.07) is 1.55. The molecule has 5 atom stereocenters. The van der Waals surface area contributed by atoms with E-state index < -0.39 is 41.3 Å². The Balaban J connectivity index is 1.11. The topological polar surface area (TPSA) is 177 Å². The molecule has 0 aromatic heterocycles. The Bertz CT molecular complexity index is 2230. The van der Waals surface area contributed by atoms with E-state index in [4.69, 9.17) is 9.47 Å². The van der Waals surface area contributed by atoms with E-state index in [2.05, 4.69) is 65.8 Å². The van der Waals surface area contributed by atoms with Gasteiger partial charge in [-0.15, -0.1) is 0 Å². The molecule has 0 fully saturated rings. The summed E-state index contributed by atoms with van der Waals surface area (Å²) in [6.45, 7) is 16.5. The standard InChI is InChI=1S/C51H68N2O10/c1-30(2)14-9-16-32(5)18-11-21-50(7)43(56)26-36-41(54)24-34-38(45(36)62-50)28-52(47(34)58)23-13-20-40(49(60)61)53-29-39-35(48(53)59)25-42(55)37-27-44(57)51(8,63-46(37)39)22-12-19-33(6)17-10-15-31(3)4/h14-15,18-19,24-25,40,43-44,54-57H,9-13,16-17,20-23,26-29H2,1-8H3,(H,60,61)/b32-18+,33-19+/t40?,43?,44?,50-,51-/m0/s1. The zero-order valence-electron chi connectivity index (χ0n) is 38.5. The van der Waals surface area contributed by atoms with Crippen molar-refractivity contribution in [2.45, 2.75) is 175 Å². The molecule has 5 N–H and O–H groups in total. The van der Waals surface area contributed by atoms with Gasteiger partial charge in [0, 0.05) is 41.6 Å². The lowest BCUT2D eigenvalue weighted by atomic mass is 9.84. The van der Waals surface area contributed by atoms with Crippen LogP contribution >= 0.6 is 0 Å². The Morgan fingerprint density at radius 3 is 1.63 bits per heavy atom. The molecule has 2 amide bonds. The molecule has 0 saturated carbocycles. The van der Waals surface area contributed by atoms with Crippen molar-refractivity contribution in [2.75, 3.05) is 6.54 Å². The van der Waals surface area contributed by atoms with Gasteiger partial charge in [-0.05, 0) is 132 Å². The molecular weight excluding hydrogens is 801 g/mol. The first-order chi connectivity index (χ1) is 29.7. The van der Waals surface area contributed by atoms with Gasteiger partial charge in [0.1, 0.15) is 40.2 Å². The summed E-state index contributed by atoms with van der Waals surface area (Å²) in [4.78, 5) is 43.4. The number of carbonyl (C=O) groups is 3. The summed E-state index contributed by atoms with van der Waals surface area (Å²) in [5.74, 6) is -1.60. The quantitative estimate of drug-likeness (QED) is 0.0909. The Hall–Kier alpha value is -5.07. The molecular formula is C51H68N2O10. The molecule has 0 spiro atoms. The fourth-order valence-electron chi connectivity index (χ4n) is 9.40. The van der Waals surface area contributed by atoms with E-state index in [1.54, 1.807) is 4.90 Å². The highest BCUT2D eigenvalue weighted by Crippen LogP contribution is 2.48. The monoisotopic (exact) mass is 868 g/mol. The molecule has 342 valence electrons. The van der Waals surface area contributed by atoms with Crippen LogP contribution in [0.25, 0.3) is 0 Å². The zero-order chi connectivity index (χ0) is 46.0. The van der Waals surface area contributed by atoms with E-state index in [1.165, 1.54) is 39.3 Å². The van der Waals surface area contributed by atoms with Crippen LogP contribution in [0.3, 0.4) is 0 Å². The summed E-state index contributed by atoms with van der Waals surface area (Å²) < 4.78 is 13.1. The first-order valence-electron chi connectivity index (χ1n) is 22.6. The van der Waals surface area contributed by atoms with Crippen molar-refractivity contribution < 1.29 is 49.4 Å². The number of hydrogen-bond acceptors (Lipinski definition) is 9. The summed E-state index contributed by atoms with van der Waals surface area (Å²) in [5, 5.41) is 55.0. The van der Waals surface area contributed by atoms with Crippen LogP contribution in [0.15, 0.2) is 58.7 Å². The van der Waals surface area contributed by atoms with Crippen molar-refractivity contribution in [3.05, 3.63) is 92.1 Å². The lowest BCUT2D eigenvalue weighted by Crippen LogP contribution is -2.49. The van der Waals surface area contributed by atoms with Crippen LogP contribution in [0.4, 0.5) is 0 Å². The predicted octanol–water partition coefficient (Wildman–Crippen LogP) is 9.00. The van der Waals surface area contributed by atoms with E-state index in [1.807, 2.05) is 13.8 Å². The molecule has 6 rings (SSSR count).